The van der Waals surface area contributed by atoms with E-state index >= 15 is 0 Å². The normalized spacial score (nSPS) is 45.3. The van der Waals surface area contributed by atoms with Crippen molar-refractivity contribution >= 4 is 0 Å². The number of piperidine rings is 1. The zero-order chi connectivity index (χ0) is 7.35. The zero-order valence-corrected chi connectivity index (χ0v) is 5.28. The van der Waals surface area contributed by atoms with E-state index in [0.29, 0.717) is 12.5 Å². The molecule has 4 heteroatoms. The highest BCUT2D eigenvalue weighted by atomic mass is 19.4. The Morgan fingerprint density at radius 2 is 2.00 bits per heavy atom. The number of alkyl halides is 3. The van der Waals surface area contributed by atoms with Crippen LogP contribution in [0.1, 0.15) is 6.42 Å². The molecule has 0 amide bonds. The molecule has 0 aromatic rings. The first kappa shape index (κ1) is 6.46. The van der Waals surface area contributed by atoms with Gasteiger partial charge in [-0.25, -0.2) is 0 Å². The van der Waals surface area contributed by atoms with Crippen LogP contribution in [0.3, 0.4) is 0 Å². The molecule has 0 spiro atoms. The first-order valence-electron chi connectivity index (χ1n) is 3.39. The van der Waals surface area contributed by atoms with Crippen molar-refractivity contribution in [2.45, 2.75) is 18.6 Å². The highest BCUT2D eigenvalue weighted by Gasteiger charge is 2.58. The maximum atomic E-state index is 12.0. The van der Waals surface area contributed by atoms with Crippen molar-refractivity contribution in [1.29, 1.82) is 0 Å². The van der Waals surface area contributed by atoms with Crippen LogP contribution in [0, 0.1) is 11.8 Å². The molecule has 0 aromatic carbocycles. The maximum absolute atomic E-state index is 12.0. The molecule has 1 saturated heterocycles. The number of hydrogen-bond acceptors (Lipinski definition) is 1. The summed E-state index contributed by atoms with van der Waals surface area (Å²) in [6.45, 7) is 0.564. The summed E-state index contributed by atoms with van der Waals surface area (Å²) in [5, 5.41) is 2.47. The van der Waals surface area contributed by atoms with Crippen molar-refractivity contribution in [3.8, 4) is 0 Å². The molecule has 0 radical (unpaired) electrons. The topological polar surface area (TPSA) is 12.0 Å². The van der Waals surface area contributed by atoms with Crippen molar-refractivity contribution in [2.24, 2.45) is 11.8 Å². The Morgan fingerprint density at radius 3 is 2.20 bits per heavy atom. The summed E-state index contributed by atoms with van der Waals surface area (Å²) in [4.78, 5) is 0. The second-order valence-electron chi connectivity index (χ2n) is 3.09. The molecule has 0 bridgehead atoms. The molecular weight excluding hydrogens is 143 g/mol. The summed E-state index contributed by atoms with van der Waals surface area (Å²) < 4.78 is 35.9. The molecule has 2 aliphatic rings. The summed E-state index contributed by atoms with van der Waals surface area (Å²) in [7, 11) is 0. The Labute approximate surface area is 56.6 Å². The van der Waals surface area contributed by atoms with E-state index in [1.807, 2.05) is 0 Å². The lowest BCUT2D eigenvalue weighted by Gasteiger charge is -2.16. The predicted octanol–water partition coefficient (Wildman–Crippen LogP) is 1.16. The number of fused-ring (bicyclic) bond motifs is 1. The molecule has 2 rings (SSSR count). The smallest absolute Gasteiger partial charge is 0.306 e. The first-order chi connectivity index (χ1) is 4.59. The Hall–Kier alpha value is -0.250. The van der Waals surface area contributed by atoms with Crippen LogP contribution in [0.25, 0.3) is 0 Å². The van der Waals surface area contributed by atoms with E-state index in [9.17, 15) is 13.2 Å². The minimum Gasteiger partial charge on any atom is -0.306 e. The molecular formula is C6H8F3N. The van der Waals surface area contributed by atoms with Crippen LogP contribution >= 0.6 is 0 Å². The molecule has 1 aliphatic heterocycles. The van der Waals surface area contributed by atoms with E-state index in [0.717, 1.165) is 6.42 Å². The van der Waals surface area contributed by atoms with E-state index in [4.69, 9.17) is 0 Å². The molecule has 0 aromatic heterocycles. The van der Waals surface area contributed by atoms with Crippen LogP contribution in [0.4, 0.5) is 13.2 Å². The van der Waals surface area contributed by atoms with Crippen LogP contribution in [-0.2, 0) is 0 Å². The summed E-state index contributed by atoms with van der Waals surface area (Å²) in [6, 6.07) is -1.20. The average molecular weight is 151 g/mol. The Bertz CT molecular complexity index is 154. The lowest BCUT2D eigenvalue weighted by atomic mass is 10.2. The Morgan fingerprint density at radius 1 is 1.30 bits per heavy atom. The van der Waals surface area contributed by atoms with E-state index in [1.165, 1.54) is 0 Å². The SMILES string of the molecule is FC(F)(F)[C@H]1NC[C@H]2C[C@@H]21. The van der Waals surface area contributed by atoms with Crippen molar-refractivity contribution in [1.82, 2.24) is 5.32 Å². The van der Waals surface area contributed by atoms with Gasteiger partial charge in [0.25, 0.3) is 0 Å². The number of nitrogens with one attached hydrogen (secondary N) is 1. The quantitative estimate of drug-likeness (QED) is 0.547. The van der Waals surface area contributed by atoms with Gasteiger partial charge in [-0.1, -0.05) is 0 Å². The number of halogens is 3. The van der Waals surface area contributed by atoms with E-state index < -0.39 is 12.2 Å². The molecule has 0 unspecified atom stereocenters. The highest BCUT2D eigenvalue weighted by Crippen LogP contribution is 2.49. The number of hydrogen-bond donors (Lipinski definition) is 1. The van der Waals surface area contributed by atoms with Gasteiger partial charge >= 0.3 is 6.18 Å². The van der Waals surface area contributed by atoms with Crippen molar-refractivity contribution in [3.63, 3.8) is 0 Å². The van der Waals surface area contributed by atoms with Gasteiger partial charge in [0.15, 0.2) is 0 Å². The largest absolute Gasteiger partial charge is 0.404 e. The molecule has 1 N–H and O–H groups in total. The monoisotopic (exact) mass is 151 g/mol. The molecule has 1 aliphatic carbocycles. The lowest BCUT2D eigenvalue weighted by molar-refractivity contribution is -0.156. The van der Waals surface area contributed by atoms with Crippen LogP contribution in [0.2, 0.25) is 0 Å². The zero-order valence-electron chi connectivity index (χ0n) is 5.28. The van der Waals surface area contributed by atoms with Crippen LogP contribution < -0.4 is 5.32 Å². The average Bonchev–Trinajstić information content (AvgIpc) is 2.40. The summed E-state index contributed by atoms with van der Waals surface area (Å²) in [5.41, 5.74) is 0. The van der Waals surface area contributed by atoms with Crippen molar-refractivity contribution in [2.75, 3.05) is 6.54 Å². The third kappa shape index (κ3) is 0.820. The minimum absolute atomic E-state index is 0.0972. The summed E-state index contributed by atoms with van der Waals surface area (Å²) >= 11 is 0. The van der Waals surface area contributed by atoms with Crippen LogP contribution in [-0.4, -0.2) is 18.8 Å². The maximum Gasteiger partial charge on any atom is 0.404 e. The fourth-order valence-electron chi connectivity index (χ4n) is 1.70. The third-order valence-electron chi connectivity index (χ3n) is 2.36. The van der Waals surface area contributed by atoms with Gasteiger partial charge in [-0.2, -0.15) is 13.2 Å². The van der Waals surface area contributed by atoms with E-state index in [-0.39, 0.29) is 5.92 Å². The molecule has 1 nitrogen and oxygen atoms in total. The van der Waals surface area contributed by atoms with E-state index in [1.54, 1.807) is 0 Å². The summed E-state index contributed by atoms with van der Waals surface area (Å²) in [6.07, 6.45) is -3.24. The Kier molecular flexibility index (Phi) is 1.08. The van der Waals surface area contributed by atoms with Gasteiger partial charge in [-0.05, 0) is 24.8 Å². The van der Waals surface area contributed by atoms with Gasteiger partial charge in [-0.15, -0.1) is 0 Å². The van der Waals surface area contributed by atoms with Crippen molar-refractivity contribution in [3.05, 3.63) is 0 Å². The fraction of sp³-hybridized carbons (Fsp3) is 1.00. The minimum atomic E-state index is -4.02. The van der Waals surface area contributed by atoms with E-state index in [2.05, 4.69) is 5.32 Å². The Balaban J connectivity index is 2.05. The third-order valence-corrected chi connectivity index (χ3v) is 2.36. The van der Waals surface area contributed by atoms with Crippen LogP contribution in [0.5, 0.6) is 0 Å². The first-order valence-corrected chi connectivity index (χ1v) is 3.39. The molecule has 58 valence electrons. The standard InChI is InChI=1S/C6H8F3N/c7-6(8,9)5-4-1-3(4)2-10-5/h3-5,10H,1-2H2/t3-,4+,5+/m1/s1. The predicted molar refractivity (Wildman–Crippen MR) is 29.4 cm³/mol. The second-order valence-corrected chi connectivity index (χ2v) is 3.09. The highest BCUT2D eigenvalue weighted by molar-refractivity contribution is 5.04. The van der Waals surface area contributed by atoms with Crippen LogP contribution in [0.15, 0.2) is 0 Å². The number of rotatable bonds is 0. The molecule has 10 heavy (non-hydrogen) atoms. The molecule has 3 atom stereocenters. The molecule has 1 heterocycles. The van der Waals surface area contributed by atoms with Crippen molar-refractivity contribution < 1.29 is 13.2 Å². The molecule has 1 saturated carbocycles. The van der Waals surface area contributed by atoms with Gasteiger partial charge in [0.2, 0.25) is 0 Å². The van der Waals surface area contributed by atoms with Gasteiger partial charge in [0, 0.05) is 0 Å². The van der Waals surface area contributed by atoms with Gasteiger partial charge in [0.05, 0.1) is 0 Å². The van der Waals surface area contributed by atoms with Gasteiger partial charge < -0.3 is 5.32 Å². The summed E-state index contributed by atoms with van der Waals surface area (Å²) in [5.74, 6) is 0.228. The fourth-order valence-corrected chi connectivity index (χ4v) is 1.70. The lowest BCUT2D eigenvalue weighted by Crippen LogP contribution is -2.40. The van der Waals surface area contributed by atoms with Gasteiger partial charge in [0.1, 0.15) is 6.04 Å². The molecule has 2 fully saturated rings. The second kappa shape index (κ2) is 1.67. The van der Waals surface area contributed by atoms with Gasteiger partial charge in [-0.3, -0.25) is 0 Å².